The molecule has 0 radical (unpaired) electrons. The van der Waals surface area contributed by atoms with Gasteiger partial charge in [0.2, 0.25) is 0 Å². The Labute approximate surface area is 176 Å². The molecular weight excluding hydrogens is 417 g/mol. The third-order valence-electron chi connectivity index (χ3n) is 4.35. The lowest BCUT2D eigenvalue weighted by atomic mass is 9.94. The van der Waals surface area contributed by atoms with E-state index in [1.54, 1.807) is 0 Å². The normalized spacial score (nSPS) is 13.1. The lowest BCUT2D eigenvalue weighted by Gasteiger charge is -2.18. The minimum Gasteiger partial charge on any atom is -0.483 e. The second-order valence-electron chi connectivity index (χ2n) is 6.53. The van der Waals surface area contributed by atoms with Crippen LogP contribution in [0, 0.1) is 5.92 Å². The Kier molecular flexibility index (Phi) is 7.79. The average molecular weight is 438 g/mol. The van der Waals surface area contributed by atoms with Gasteiger partial charge >= 0.3 is 12.1 Å². The van der Waals surface area contributed by atoms with Crippen LogP contribution >= 0.6 is 0 Å². The Morgan fingerprint density at radius 2 is 1.39 bits per heavy atom. The number of carbonyl (C=O) groups excluding carboxylic acids is 3. The first-order valence-corrected chi connectivity index (χ1v) is 9.33. The van der Waals surface area contributed by atoms with Crippen molar-refractivity contribution in [2.45, 2.75) is 32.5 Å². The first-order valence-electron chi connectivity index (χ1n) is 9.33. The molecule has 0 aliphatic carbocycles. The first-order chi connectivity index (χ1) is 14.6. The van der Waals surface area contributed by atoms with Gasteiger partial charge in [-0.05, 0) is 55.5 Å². The van der Waals surface area contributed by atoms with Crippen molar-refractivity contribution in [3.05, 3.63) is 54.1 Å². The standard InChI is InChI=1S/C22H21F3O6/c1-4-18(26)19(21(28)29-3)20(27)13(2)30-15-9-11-17(12-10-15)31-16-7-5-14(6-8-16)22(23,24)25/h5-13,19H,4H2,1-3H3. The van der Waals surface area contributed by atoms with E-state index in [1.807, 2.05) is 0 Å². The van der Waals surface area contributed by atoms with Crippen LogP contribution in [0.1, 0.15) is 25.8 Å². The highest BCUT2D eigenvalue weighted by molar-refractivity contribution is 6.18. The second kappa shape index (κ2) is 10.1. The van der Waals surface area contributed by atoms with Crippen molar-refractivity contribution in [3.63, 3.8) is 0 Å². The molecule has 0 saturated heterocycles. The number of alkyl halides is 3. The molecule has 6 nitrogen and oxygen atoms in total. The molecular formula is C22H21F3O6. The Hall–Kier alpha value is -3.36. The van der Waals surface area contributed by atoms with Crippen molar-refractivity contribution in [1.29, 1.82) is 0 Å². The number of methoxy groups -OCH3 is 1. The summed E-state index contributed by atoms with van der Waals surface area (Å²) in [5.74, 6) is -2.95. The van der Waals surface area contributed by atoms with Crippen molar-refractivity contribution in [2.75, 3.05) is 7.11 Å². The van der Waals surface area contributed by atoms with Crippen LogP contribution in [-0.2, 0) is 25.3 Å². The minimum absolute atomic E-state index is 0.00574. The molecule has 31 heavy (non-hydrogen) atoms. The van der Waals surface area contributed by atoms with Crippen LogP contribution in [0.4, 0.5) is 13.2 Å². The number of Topliss-reactive ketones (excluding diaryl/α,β-unsaturated/α-hetero) is 2. The molecule has 0 fully saturated rings. The van der Waals surface area contributed by atoms with Crippen LogP contribution < -0.4 is 9.47 Å². The van der Waals surface area contributed by atoms with Crippen LogP contribution in [-0.4, -0.2) is 30.7 Å². The van der Waals surface area contributed by atoms with E-state index in [0.717, 1.165) is 19.2 Å². The molecule has 0 aliphatic rings. The number of halogens is 3. The Morgan fingerprint density at radius 1 is 0.903 bits per heavy atom. The summed E-state index contributed by atoms with van der Waals surface area (Å²) in [6.07, 6.45) is -5.53. The highest BCUT2D eigenvalue weighted by Crippen LogP contribution is 2.31. The zero-order chi connectivity index (χ0) is 23.2. The number of esters is 1. The molecule has 0 saturated carbocycles. The van der Waals surface area contributed by atoms with Gasteiger partial charge in [0.15, 0.2) is 23.6 Å². The fraction of sp³-hybridized carbons (Fsp3) is 0.318. The third-order valence-corrected chi connectivity index (χ3v) is 4.35. The molecule has 0 heterocycles. The molecule has 0 bridgehead atoms. The van der Waals surface area contributed by atoms with Crippen LogP contribution in [0.15, 0.2) is 48.5 Å². The summed E-state index contributed by atoms with van der Waals surface area (Å²) in [7, 11) is 1.09. The SMILES string of the molecule is CCC(=O)C(C(=O)OC)C(=O)C(C)Oc1ccc(Oc2ccc(C(F)(F)F)cc2)cc1. The Morgan fingerprint density at radius 3 is 1.84 bits per heavy atom. The average Bonchev–Trinajstić information content (AvgIpc) is 2.74. The van der Waals surface area contributed by atoms with E-state index >= 15 is 0 Å². The summed E-state index contributed by atoms with van der Waals surface area (Å²) in [5, 5.41) is 0. The molecule has 2 rings (SSSR count). The maximum Gasteiger partial charge on any atom is 0.416 e. The molecule has 2 atom stereocenters. The Bertz CT molecular complexity index is 904. The van der Waals surface area contributed by atoms with E-state index in [1.165, 1.54) is 50.2 Å². The second-order valence-corrected chi connectivity index (χ2v) is 6.53. The quantitative estimate of drug-likeness (QED) is 0.421. The number of ketones is 2. The lowest BCUT2D eigenvalue weighted by molar-refractivity contribution is -0.155. The highest BCUT2D eigenvalue weighted by atomic mass is 19.4. The van der Waals surface area contributed by atoms with Gasteiger partial charge < -0.3 is 14.2 Å². The van der Waals surface area contributed by atoms with Crippen molar-refractivity contribution >= 4 is 17.5 Å². The molecule has 0 amide bonds. The van der Waals surface area contributed by atoms with Crippen molar-refractivity contribution in [3.8, 4) is 17.2 Å². The lowest BCUT2D eigenvalue weighted by Crippen LogP contribution is -2.40. The van der Waals surface area contributed by atoms with E-state index in [4.69, 9.17) is 9.47 Å². The van der Waals surface area contributed by atoms with E-state index in [9.17, 15) is 27.6 Å². The van der Waals surface area contributed by atoms with Gasteiger partial charge in [-0.3, -0.25) is 14.4 Å². The van der Waals surface area contributed by atoms with Gasteiger partial charge in [-0.25, -0.2) is 0 Å². The van der Waals surface area contributed by atoms with Crippen LogP contribution in [0.25, 0.3) is 0 Å². The minimum atomic E-state index is -4.43. The zero-order valence-corrected chi connectivity index (χ0v) is 17.1. The maximum absolute atomic E-state index is 12.6. The van der Waals surface area contributed by atoms with Crippen LogP contribution in [0.2, 0.25) is 0 Å². The summed E-state index contributed by atoms with van der Waals surface area (Å²) in [6, 6.07) is 10.2. The van der Waals surface area contributed by atoms with Crippen LogP contribution in [0.3, 0.4) is 0 Å². The number of rotatable bonds is 9. The molecule has 0 N–H and O–H groups in total. The molecule has 0 aliphatic heterocycles. The topological polar surface area (TPSA) is 78.9 Å². The molecule has 0 aromatic heterocycles. The number of benzene rings is 2. The van der Waals surface area contributed by atoms with E-state index in [0.29, 0.717) is 5.75 Å². The summed E-state index contributed by atoms with van der Waals surface area (Å²) in [4.78, 5) is 36.3. The smallest absolute Gasteiger partial charge is 0.416 e. The summed E-state index contributed by atoms with van der Waals surface area (Å²) >= 11 is 0. The maximum atomic E-state index is 12.6. The van der Waals surface area contributed by atoms with Gasteiger partial charge in [0.25, 0.3) is 0 Å². The van der Waals surface area contributed by atoms with Gasteiger partial charge in [0.1, 0.15) is 17.2 Å². The molecule has 2 aromatic carbocycles. The molecule has 166 valence electrons. The molecule has 2 aromatic rings. The monoisotopic (exact) mass is 438 g/mol. The van der Waals surface area contributed by atoms with Crippen molar-refractivity contribution in [2.24, 2.45) is 5.92 Å². The summed E-state index contributed by atoms with van der Waals surface area (Å²) in [6.45, 7) is 2.94. The van der Waals surface area contributed by atoms with Gasteiger partial charge in [-0.1, -0.05) is 6.92 Å². The highest BCUT2D eigenvalue weighted by Gasteiger charge is 2.37. The van der Waals surface area contributed by atoms with Crippen molar-refractivity contribution in [1.82, 2.24) is 0 Å². The molecule has 9 heteroatoms. The van der Waals surface area contributed by atoms with Gasteiger partial charge in [0.05, 0.1) is 12.7 Å². The molecule has 0 spiro atoms. The summed E-state index contributed by atoms with van der Waals surface area (Å²) < 4.78 is 53.4. The fourth-order valence-electron chi connectivity index (χ4n) is 2.66. The number of carbonyl (C=O) groups is 3. The van der Waals surface area contributed by atoms with E-state index in [-0.39, 0.29) is 17.9 Å². The molecule has 2 unspecified atom stereocenters. The number of hydrogen-bond donors (Lipinski definition) is 0. The van der Waals surface area contributed by atoms with Crippen LogP contribution in [0.5, 0.6) is 17.2 Å². The van der Waals surface area contributed by atoms with E-state index in [2.05, 4.69) is 4.74 Å². The largest absolute Gasteiger partial charge is 0.483 e. The van der Waals surface area contributed by atoms with Gasteiger partial charge in [0, 0.05) is 6.42 Å². The zero-order valence-electron chi connectivity index (χ0n) is 17.1. The third kappa shape index (κ3) is 6.31. The van der Waals surface area contributed by atoms with E-state index < -0.39 is 41.3 Å². The fourth-order valence-corrected chi connectivity index (χ4v) is 2.66. The number of hydrogen-bond acceptors (Lipinski definition) is 6. The van der Waals surface area contributed by atoms with Crippen molar-refractivity contribution < 1.29 is 41.8 Å². The van der Waals surface area contributed by atoms with Gasteiger partial charge in [-0.2, -0.15) is 13.2 Å². The predicted octanol–water partition coefficient (Wildman–Crippen LogP) is 4.60. The van der Waals surface area contributed by atoms with Gasteiger partial charge in [-0.15, -0.1) is 0 Å². The predicted molar refractivity (Wildman–Crippen MR) is 104 cm³/mol. The summed E-state index contributed by atoms with van der Waals surface area (Å²) in [5.41, 5.74) is -0.783. The number of ether oxygens (including phenoxy) is 3. The Balaban J connectivity index is 2.03. The first kappa shape index (κ1) is 23.9.